The first-order valence-electron chi connectivity index (χ1n) is 8.50. The Bertz CT molecular complexity index is 1200. The predicted molar refractivity (Wildman–Crippen MR) is 104 cm³/mol. The van der Waals surface area contributed by atoms with Crippen LogP contribution >= 0.6 is 11.3 Å². The van der Waals surface area contributed by atoms with E-state index in [1.165, 1.54) is 40.7 Å². The van der Waals surface area contributed by atoms with Gasteiger partial charge >= 0.3 is 6.61 Å². The molecule has 0 unspecified atom stereocenters. The summed E-state index contributed by atoms with van der Waals surface area (Å²) in [6.45, 7) is -0.272. The number of allylic oxidation sites excluding steroid dienone is 5. The number of aromatic nitrogens is 4. The molecule has 0 spiro atoms. The van der Waals surface area contributed by atoms with E-state index in [1.54, 1.807) is 12.2 Å². The van der Waals surface area contributed by atoms with Crippen LogP contribution in [0.25, 0.3) is 26.1 Å². The minimum Gasteiger partial charge on any atom is -0.435 e. The summed E-state index contributed by atoms with van der Waals surface area (Å²) < 4.78 is 31.1. The minimum atomic E-state index is -2.90. The van der Waals surface area contributed by atoms with Gasteiger partial charge in [-0.15, -0.1) is 11.3 Å². The zero-order valence-electron chi connectivity index (χ0n) is 14.7. The average molecular weight is 403 g/mol. The standard InChI is InChI=1S/C18H15F2N5O2S/c1-2-21-15-12-13-14(28-16(12)23-8-22-15)17(26)25(9-24-13)10-4-3-5-11(7-6-10)27-18(19)20/h4-9,18H,2-3H2,1H3,(H,21,22,23). The fourth-order valence-corrected chi connectivity index (χ4v) is 3.94. The zero-order valence-corrected chi connectivity index (χ0v) is 15.5. The molecule has 1 aliphatic carbocycles. The highest BCUT2D eigenvalue weighted by atomic mass is 32.1. The summed E-state index contributed by atoms with van der Waals surface area (Å²) in [5, 5.41) is 3.87. The number of rotatable bonds is 5. The molecule has 3 heterocycles. The molecule has 1 N–H and O–H groups in total. The largest absolute Gasteiger partial charge is 0.435 e. The Hall–Kier alpha value is -3.14. The molecule has 0 atom stereocenters. The lowest BCUT2D eigenvalue weighted by atomic mass is 10.3. The molecule has 7 nitrogen and oxygen atoms in total. The number of ether oxygens (including phenoxy) is 1. The van der Waals surface area contributed by atoms with Crippen molar-refractivity contribution in [2.24, 2.45) is 0 Å². The van der Waals surface area contributed by atoms with Crippen LogP contribution in [0.5, 0.6) is 0 Å². The molecule has 0 fully saturated rings. The molecule has 0 aromatic carbocycles. The molecular weight excluding hydrogens is 388 g/mol. The molecule has 10 heteroatoms. The molecule has 4 rings (SSSR count). The number of halogens is 2. The molecule has 3 aromatic rings. The van der Waals surface area contributed by atoms with E-state index >= 15 is 0 Å². The van der Waals surface area contributed by atoms with Crippen LogP contribution in [-0.4, -0.2) is 32.7 Å². The predicted octanol–water partition coefficient (Wildman–Crippen LogP) is 3.76. The molecular formula is C18H15F2N5O2S. The third-order valence-corrected chi connectivity index (χ3v) is 5.17. The molecule has 144 valence electrons. The van der Waals surface area contributed by atoms with Crippen molar-refractivity contribution < 1.29 is 13.5 Å². The lowest BCUT2D eigenvalue weighted by Gasteiger charge is -2.06. The van der Waals surface area contributed by atoms with Gasteiger partial charge in [-0.2, -0.15) is 8.78 Å². The maximum Gasteiger partial charge on any atom is 0.387 e. The van der Waals surface area contributed by atoms with Crippen molar-refractivity contribution >= 4 is 43.3 Å². The van der Waals surface area contributed by atoms with Gasteiger partial charge in [-0.1, -0.05) is 6.08 Å². The van der Waals surface area contributed by atoms with E-state index in [9.17, 15) is 13.6 Å². The second kappa shape index (κ2) is 7.47. The lowest BCUT2D eigenvalue weighted by Crippen LogP contribution is -2.18. The highest BCUT2D eigenvalue weighted by molar-refractivity contribution is 7.25. The first kappa shape index (κ1) is 18.2. The molecule has 0 saturated carbocycles. The molecule has 0 saturated heterocycles. The number of thiophene rings is 1. The van der Waals surface area contributed by atoms with Crippen molar-refractivity contribution in [3.63, 3.8) is 0 Å². The monoisotopic (exact) mass is 403 g/mol. The smallest absolute Gasteiger partial charge is 0.387 e. The van der Waals surface area contributed by atoms with Gasteiger partial charge in [0.15, 0.2) is 0 Å². The Balaban J connectivity index is 1.79. The molecule has 1 aliphatic rings. The third kappa shape index (κ3) is 3.26. The fourth-order valence-electron chi connectivity index (χ4n) is 2.92. The van der Waals surface area contributed by atoms with E-state index < -0.39 is 6.61 Å². The van der Waals surface area contributed by atoms with E-state index in [0.29, 0.717) is 44.9 Å². The maximum atomic E-state index is 13.1. The van der Waals surface area contributed by atoms with E-state index in [-0.39, 0.29) is 11.3 Å². The van der Waals surface area contributed by atoms with Gasteiger partial charge in [0.05, 0.1) is 5.39 Å². The van der Waals surface area contributed by atoms with Gasteiger partial charge in [0.1, 0.15) is 39.3 Å². The van der Waals surface area contributed by atoms with Crippen LogP contribution in [-0.2, 0) is 4.74 Å². The van der Waals surface area contributed by atoms with Crippen molar-refractivity contribution in [3.8, 4) is 0 Å². The van der Waals surface area contributed by atoms with Crippen LogP contribution in [0.1, 0.15) is 13.3 Å². The van der Waals surface area contributed by atoms with Gasteiger partial charge in [0.25, 0.3) is 5.56 Å². The highest BCUT2D eigenvalue weighted by Gasteiger charge is 2.17. The summed E-state index contributed by atoms with van der Waals surface area (Å²) in [6.07, 6.45) is 9.43. The lowest BCUT2D eigenvalue weighted by molar-refractivity contribution is -0.0922. The second-order valence-electron chi connectivity index (χ2n) is 5.82. The van der Waals surface area contributed by atoms with Gasteiger partial charge in [-0.3, -0.25) is 9.36 Å². The zero-order chi connectivity index (χ0) is 19.7. The Morgan fingerprint density at radius 1 is 1.29 bits per heavy atom. The average Bonchev–Trinajstić information content (AvgIpc) is 2.91. The fraction of sp³-hybridized carbons (Fsp3) is 0.222. The topological polar surface area (TPSA) is 81.9 Å². The van der Waals surface area contributed by atoms with Gasteiger partial charge < -0.3 is 10.1 Å². The van der Waals surface area contributed by atoms with Crippen molar-refractivity contribution in [3.05, 3.63) is 53.1 Å². The summed E-state index contributed by atoms with van der Waals surface area (Å²) in [6, 6.07) is 0. The summed E-state index contributed by atoms with van der Waals surface area (Å²) in [5.74, 6) is 0.686. The summed E-state index contributed by atoms with van der Waals surface area (Å²) in [5.41, 5.74) is 0.805. The molecule has 0 amide bonds. The van der Waals surface area contributed by atoms with E-state index in [1.807, 2.05) is 6.92 Å². The van der Waals surface area contributed by atoms with Crippen molar-refractivity contribution in [2.45, 2.75) is 20.0 Å². The first-order chi connectivity index (χ1) is 13.6. The molecule has 28 heavy (non-hydrogen) atoms. The SMILES string of the molecule is CCNc1ncnc2sc3c(=O)n(C4=CCC=C(OC(F)F)C=C4)cnc3c12. The maximum absolute atomic E-state index is 13.1. The van der Waals surface area contributed by atoms with Crippen LogP contribution in [0.15, 0.2) is 47.5 Å². The van der Waals surface area contributed by atoms with Crippen molar-refractivity contribution in [1.82, 2.24) is 19.5 Å². The third-order valence-electron chi connectivity index (χ3n) is 4.09. The number of nitrogens with one attached hydrogen (secondary N) is 1. The van der Waals surface area contributed by atoms with Crippen molar-refractivity contribution in [1.29, 1.82) is 0 Å². The number of hydrogen-bond acceptors (Lipinski definition) is 7. The molecule has 3 aromatic heterocycles. The van der Waals surface area contributed by atoms with Crippen LogP contribution in [0.3, 0.4) is 0 Å². The van der Waals surface area contributed by atoms with E-state index in [4.69, 9.17) is 0 Å². The number of nitrogens with zero attached hydrogens (tertiary/aromatic N) is 4. The summed E-state index contributed by atoms with van der Waals surface area (Å²) in [7, 11) is 0. The number of fused-ring (bicyclic) bond motifs is 3. The molecule has 0 aliphatic heterocycles. The van der Waals surface area contributed by atoms with Gasteiger partial charge in [0, 0.05) is 12.2 Å². The van der Waals surface area contributed by atoms with Gasteiger partial charge in [-0.05, 0) is 31.6 Å². The highest BCUT2D eigenvalue weighted by Crippen LogP contribution is 2.33. The Kier molecular flexibility index (Phi) is 4.86. The Morgan fingerprint density at radius 3 is 2.93 bits per heavy atom. The second-order valence-corrected chi connectivity index (χ2v) is 6.81. The number of anilines is 1. The molecule has 0 radical (unpaired) electrons. The summed E-state index contributed by atoms with van der Waals surface area (Å²) in [4.78, 5) is 26.7. The number of alkyl halides is 2. The first-order valence-corrected chi connectivity index (χ1v) is 9.32. The van der Waals surface area contributed by atoms with Crippen LogP contribution in [0, 0.1) is 0 Å². The van der Waals surface area contributed by atoms with Crippen LogP contribution in [0.4, 0.5) is 14.6 Å². The Labute approximate surface area is 161 Å². The number of hydrogen-bond donors (Lipinski definition) is 1. The Morgan fingerprint density at radius 2 is 2.14 bits per heavy atom. The van der Waals surface area contributed by atoms with Crippen molar-refractivity contribution in [2.75, 3.05) is 11.9 Å². The minimum absolute atomic E-state index is 0.0516. The quantitative estimate of drug-likeness (QED) is 0.699. The van der Waals surface area contributed by atoms with Crippen LogP contribution < -0.4 is 10.9 Å². The molecule has 0 bridgehead atoms. The van der Waals surface area contributed by atoms with Crippen LogP contribution in [0.2, 0.25) is 0 Å². The summed E-state index contributed by atoms with van der Waals surface area (Å²) >= 11 is 1.25. The van der Waals surface area contributed by atoms with E-state index in [2.05, 4.69) is 25.0 Å². The van der Waals surface area contributed by atoms with E-state index in [0.717, 1.165) is 0 Å². The normalized spacial score (nSPS) is 14.3. The van der Waals surface area contributed by atoms with Gasteiger partial charge in [-0.25, -0.2) is 15.0 Å². The van der Waals surface area contributed by atoms with Gasteiger partial charge in [0.2, 0.25) is 0 Å².